The van der Waals surface area contributed by atoms with E-state index in [1.807, 2.05) is 35.0 Å². The first kappa shape index (κ1) is 21.7. The molecule has 9 nitrogen and oxygen atoms in total. The number of fused-ring (bicyclic) bond motifs is 1. The SMILES string of the molecule is Nc1ncnn2c(-c3cccc(CCNS(=O)O)c3)cc(-c3ccnn3C3CCCCC3)c12. The molecule has 0 radical (unpaired) electrons. The number of nitrogens with two attached hydrogens (primary N) is 1. The highest BCUT2D eigenvalue weighted by Crippen LogP contribution is 2.37. The number of aromatic nitrogens is 5. The summed E-state index contributed by atoms with van der Waals surface area (Å²) in [5.74, 6) is 0.424. The third kappa shape index (κ3) is 4.41. The van der Waals surface area contributed by atoms with Gasteiger partial charge in [-0.3, -0.25) is 9.23 Å². The first-order chi connectivity index (χ1) is 16.1. The number of nitrogens with one attached hydrogen (secondary N) is 1. The molecule has 0 spiro atoms. The van der Waals surface area contributed by atoms with Crippen LogP contribution in [0.1, 0.15) is 43.7 Å². The lowest BCUT2D eigenvalue weighted by Gasteiger charge is -2.23. The van der Waals surface area contributed by atoms with Crippen molar-refractivity contribution in [3.05, 3.63) is 54.5 Å². The molecule has 1 fully saturated rings. The molecule has 33 heavy (non-hydrogen) atoms. The maximum Gasteiger partial charge on any atom is 0.231 e. The van der Waals surface area contributed by atoms with Crippen molar-refractivity contribution in [2.24, 2.45) is 0 Å². The zero-order valence-electron chi connectivity index (χ0n) is 18.2. The molecule has 1 saturated carbocycles. The second kappa shape index (κ2) is 9.42. The molecule has 1 atom stereocenters. The molecule has 5 rings (SSSR count). The van der Waals surface area contributed by atoms with Gasteiger partial charge in [0, 0.05) is 23.9 Å². The quantitative estimate of drug-likeness (QED) is 0.358. The topological polar surface area (TPSA) is 123 Å². The summed E-state index contributed by atoms with van der Waals surface area (Å²) in [7, 11) is 0. The molecular weight excluding hydrogens is 438 g/mol. The third-order valence-corrected chi connectivity index (χ3v) is 6.76. The first-order valence-electron chi connectivity index (χ1n) is 11.2. The van der Waals surface area contributed by atoms with Gasteiger partial charge in [0.15, 0.2) is 5.82 Å². The number of rotatable bonds is 7. The Bertz CT molecular complexity index is 1290. The molecule has 1 aliphatic rings. The van der Waals surface area contributed by atoms with Crippen molar-refractivity contribution in [1.29, 1.82) is 0 Å². The molecule has 0 aliphatic heterocycles. The van der Waals surface area contributed by atoms with Gasteiger partial charge < -0.3 is 5.73 Å². The van der Waals surface area contributed by atoms with Crippen LogP contribution in [0, 0.1) is 0 Å². The first-order valence-corrected chi connectivity index (χ1v) is 12.3. The summed E-state index contributed by atoms with van der Waals surface area (Å²) in [6.45, 7) is 0.405. The number of nitrogens with zero attached hydrogens (tertiary/aromatic N) is 5. The van der Waals surface area contributed by atoms with Crippen LogP contribution in [0.5, 0.6) is 0 Å². The predicted octanol–water partition coefficient (Wildman–Crippen LogP) is 3.62. The number of hydrogen-bond donors (Lipinski definition) is 3. The van der Waals surface area contributed by atoms with Gasteiger partial charge >= 0.3 is 0 Å². The standard InChI is InChI=1S/C23H27N7O2S/c24-23-22-19(20-10-11-26-29(20)18-7-2-1-3-8-18)14-21(30(22)27-15-25-23)17-6-4-5-16(13-17)9-12-28-33(31)32/h4-6,10-11,13-15,18,28H,1-3,7-9,12H2,(H,31,32)(H2,24,25,27). The lowest BCUT2D eigenvalue weighted by atomic mass is 9.95. The summed E-state index contributed by atoms with van der Waals surface area (Å²) >= 11 is -2.01. The van der Waals surface area contributed by atoms with Crippen LogP contribution in [0.15, 0.2) is 48.9 Å². The van der Waals surface area contributed by atoms with Crippen molar-refractivity contribution in [3.8, 4) is 22.5 Å². The molecular formula is C23H27N7O2S. The molecule has 4 aromatic rings. The average Bonchev–Trinajstić information content (AvgIpc) is 3.45. The Morgan fingerprint density at radius 3 is 2.79 bits per heavy atom. The zero-order valence-corrected chi connectivity index (χ0v) is 19.0. The molecule has 172 valence electrons. The number of anilines is 1. The van der Waals surface area contributed by atoms with Crippen LogP contribution < -0.4 is 10.5 Å². The van der Waals surface area contributed by atoms with Gasteiger partial charge in [0.1, 0.15) is 11.8 Å². The fourth-order valence-electron chi connectivity index (χ4n) is 4.78. The Labute approximate surface area is 194 Å². The Morgan fingerprint density at radius 2 is 1.97 bits per heavy atom. The van der Waals surface area contributed by atoms with Gasteiger partial charge in [-0.05, 0) is 43.0 Å². The van der Waals surface area contributed by atoms with E-state index in [1.165, 1.54) is 25.6 Å². The van der Waals surface area contributed by atoms with Crippen molar-refractivity contribution < 1.29 is 8.76 Å². The number of hydrogen-bond acceptors (Lipinski definition) is 5. The zero-order chi connectivity index (χ0) is 22.8. The highest BCUT2D eigenvalue weighted by molar-refractivity contribution is 7.77. The summed E-state index contributed by atoms with van der Waals surface area (Å²) in [5.41, 5.74) is 12.1. The molecule has 0 amide bonds. The minimum Gasteiger partial charge on any atom is -0.382 e. The largest absolute Gasteiger partial charge is 0.382 e. The maximum atomic E-state index is 10.9. The molecule has 0 bridgehead atoms. The summed E-state index contributed by atoms with van der Waals surface area (Å²) in [6, 6.07) is 12.6. The van der Waals surface area contributed by atoms with E-state index in [9.17, 15) is 4.21 Å². The number of benzene rings is 1. The normalized spacial score (nSPS) is 15.8. The molecule has 0 saturated heterocycles. The lowest BCUT2D eigenvalue weighted by molar-refractivity contribution is 0.332. The Balaban J connectivity index is 1.58. The van der Waals surface area contributed by atoms with Crippen molar-refractivity contribution in [3.63, 3.8) is 0 Å². The van der Waals surface area contributed by atoms with Crippen molar-refractivity contribution in [2.75, 3.05) is 12.3 Å². The average molecular weight is 466 g/mol. The maximum absolute atomic E-state index is 10.9. The van der Waals surface area contributed by atoms with Gasteiger partial charge in [-0.15, -0.1) is 0 Å². The second-order valence-electron chi connectivity index (χ2n) is 8.40. The van der Waals surface area contributed by atoms with Gasteiger partial charge in [-0.2, -0.15) is 10.2 Å². The van der Waals surface area contributed by atoms with Gasteiger partial charge in [0.2, 0.25) is 11.3 Å². The van der Waals surface area contributed by atoms with Gasteiger partial charge in [0.05, 0.1) is 17.4 Å². The van der Waals surface area contributed by atoms with Crippen LogP contribution in [-0.4, -0.2) is 39.7 Å². The predicted molar refractivity (Wildman–Crippen MR) is 129 cm³/mol. The summed E-state index contributed by atoms with van der Waals surface area (Å²) in [5, 5.41) is 9.19. The smallest absolute Gasteiger partial charge is 0.231 e. The monoisotopic (exact) mass is 465 g/mol. The highest BCUT2D eigenvalue weighted by Gasteiger charge is 2.23. The van der Waals surface area contributed by atoms with E-state index in [4.69, 9.17) is 10.3 Å². The summed E-state index contributed by atoms with van der Waals surface area (Å²) in [4.78, 5) is 4.26. The molecule has 4 N–H and O–H groups in total. The van der Waals surface area contributed by atoms with E-state index >= 15 is 0 Å². The Morgan fingerprint density at radius 1 is 1.12 bits per heavy atom. The molecule has 10 heteroatoms. The number of nitrogen functional groups attached to an aromatic ring is 1. The molecule has 1 unspecified atom stereocenters. The fraction of sp³-hybridized carbons (Fsp3) is 0.348. The molecule has 1 aromatic carbocycles. The fourth-order valence-corrected chi connectivity index (χ4v) is 5.06. The van der Waals surface area contributed by atoms with Gasteiger partial charge in [0.25, 0.3) is 0 Å². The third-order valence-electron chi connectivity index (χ3n) is 6.31. The summed E-state index contributed by atoms with van der Waals surface area (Å²) < 4.78 is 26.3. The van der Waals surface area contributed by atoms with Crippen LogP contribution in [0.4, 0.5) is 5.82 Å². The van der Waals surface area contributed by atoms with E-state index in [0.29, 0.717) is 24.8 Å². The van der Waals surface area contributed by atoms with E-state index in [1.54, 1.807) is 0 Å². The summed E-state index contributed by atoms with van der Waals surface area (Å²) in [6.07, 6.45) is 9.95. The van der Waals surface area contributed by atoms with Crippen LogP contribution in [0.25, 0.3) is 28.0 Å². The lowest BCUT2D eigenvalue weighted by Crippen LogP contribution is -2.19. The highest BCUT2D eigenvalue weighted by atomic mass is 32.2. The van der Waals surface area contributed by atoms with Gasteiger partial charge in [-0.1, -0.05) is 37.5 Å². The molecule has 1 aliphatic carbocycles. The van der Waals surface area contributed by atoms with Crippen molar-refractivity contribution >= 4 is 22.6 Å². The van der Waals surface area contributed by atoms with Crippen LogP contribution in [-0.2, 0) is 17.7 Å². The van der Waals surface area contributed by atoms with E-state index in [0.717, 1.165) is 46.4 Å². The van der Waals surface area contributed by atoms with E-state index < -0.39 is 11.3 Å². The minimum absolute atomic E-state index is 0.390. The van der Waals surface area contributed by atoms with Crippen molar-refractivity contribution in [1.82, 2.24) is 29.1 Å². The van der Waals surface area contributed by atoms with E-state index in [2.05, 4.69) is 36.7 Å². The molecule has 3 aromatic heterocycles. The minimum atomic E-state index is -2.01. The van der Waals surface area contributed by atoms with E-state index in [-0.39, 0.29) is 0 Å². The molecule has 3 heterocycles. The van der Waals surface area contributed by atoms with Crippen LogP contribution in [0.2, 0.25) is 0 Å². The van der Waals surface area contributed by atoms with Crippen LogP contribution in [0.3, 0.4) is 0 Å². The Hall–Kier alpha value is -3.08. The van der Waals surface area contributed by atoms with Gasteiger partial charge in [-0.25, -0.2) is 18.4 Å². The Kier molecular flexibility index (Phi) is 6.21. The second-order valence-corrected chi connectivity index (χ2v) is 9.18. The van der Waals surface area contributed by atoms with Crippen molar-refractivity contribution in [2.45, 2.75) is 44.6 Å². The van der Waals surface area contributed by atoms with Crippen LogP contribution >= 0.6 is 0 Å².